The molecular weight excluding hydrogens is 311 g/mol. The molecule has 1 aromatic rings. The lowest BCUT2D eigenvalue weighted by molar-refractivity contribution is -0.134. The fraction of sp³-hybridized carbons (Fsp3) is 0.467. The minimum absolute atomic E-state index is 0.0284. The summed E-state index contributed by atoms with van der Waals surface area (Å²) in [5.41, 5.74) is 0.734. The van der Waals surface area contributed by atoms with E-state index in [1.54, 1.807) is 23.1 Å². The van der Waals surface area contributed by atoms with E-state index < -0.39 is 0 Å². The molecule has 0 radical (unpaired) electrons. The zero-order valence-corrected chi connectivity index (χ0v) is 13.0. The predicted molar refractivity (Wildman–Crippen MR) is 81.2 cm³/mol. The second kappa shape index (κ2) is 5.85. The number of hydrogen-bond acceptors (Lipinski definition) is 2. The SMILES string of the molecule is O=C1CCN(Cc2c(Cl)cccc2Cl)C(=O)C(C2CC2)N1. The van der Waals surface area contributed by atoms with Crippen molar-refractivity contribution in [2.24, 2.45) is 5.92 Å². The van der Waals surface area contributed by atoms with Crippen LogP contribution in [0.3, 0.4) is 0 Å². The van der Waals surface area contributed by atoms with Crippen LogP contribution in [0.4, 0.5) is 0 Å². The number of hydrogen-bond donors (Lipinski definition) is 1. The van der Waals surface area contributed by atoms with Crippen LogP contribution in [0.5, 0.6) is 0 Å². The molecule has 3 rings (SSSR count). The van der Waals surface area contributed by atoms with E-state index in [-0.39, 0.29) is 23.8 Å². The molecule has 2 fully saturated rings. The largest absolute Gasteiger partial charge is 0.344 e. The van der Waals surface area contributed by atoms with Gasteiger partial charge in [0.1, 0.15) is 6.04 Å². The van der Waals surface area contributed by atoms with Crippen molar-refractivity contribution in [2.75, 3.05) is 6.54 Å². The van der Waals surface area contributed by atoms with Crippen LogP contribution in [-0.2, 0) is 16.1 Å². The van der Waals surface area contributed by atoms with Crippen molar-refractivity contribution in [3.63, 3.8) is 0 Å². The number of nitrogens with zero attached hydrogens (tertiary/aromatic N) is 1. The van der Waals surface area contributed by atoms with E-state index in [1.807, 2.05) is 0 Å². The van der Waals surface area contributed by atoms with Crippen LogP contribution in [0.1, 0.15) is 24.8 Å². The first-order chi connectivity index (χ1) is 10.1. The monoisotopic (exact) mass is 326 g/mol. The van der Waals surface area contributed by atoms with Gasteiger partial charge in [-0.2, -0.15) is 0 Å². The first kappa shape index (κ1) is 14.7. The molecule has 4 nitrogen and oxygen atoms in total. The number of carbonyl (C=O) groups is 2. The summed E-state index contributed by atoms with van der Waals surface area (Å²) in [6, 6.07) is 4.90. The van der Waals surface area contributed by atoms with Crippen molar-refractivity contribution in [1.82, 2.24) is 10.2 Å². The molecule has 112 valence electrons. The lowest BCUT2D eigenvalue weighted by Crippen LogP contribution is -2.45. The third kappa shape index (κ3) is 3.16. The summed E-state index contributed by atoms with van der Waals surface area (Å²) in [4.78, 5) is 26.1. The molecule has 0 aromatic heterocycles. The lowest BCUT2D eigenvalue weighted by atomic mass is 10.1. The van der Waals surface area contributed by atoms with Gasteiger partial charge in [0.05, 0.1) is 0 Å². The number of nitrogens with one attached hydrogen (secondary N) is 1. The fourth-order valence-electron chi connectivity index (χ4n) is 2.63. The molecule has 1 N–H and O–H groups in total. The summed E-state index contributed by atoms with van der Waals surface area (Å²) in [6.45, 7) is 0.741. The van der Waals surface area contributed by atoms with E-state index in [2.05, 4.69) is 5.32 Å². The summed E-state index contributed by atoms with van der Waals surface area (Å²) in [7, 11) is 0. The number of rotatable bonds is 3. The highest BCUT2D eigenvalue weighted by atomic mass is 35.5. The summed E-state index contributed by atoms with van der Waals surface area (Å²) >= 11 is 12.3. The summed E-state index contributed by atoms with van der Waals surface area (Å²) in [5.74, 6) is 0.191. The molecule has 0 spiro atoms. The molecule has 21 heavy (non-hydrogen) atoms. The topological polar surface area (TPSA) is 49.4 Å². The third-order valence-electron chi connectivity index (χ3n) is 4.01. The van der Waals surface area contributed by atoms with Gasteiger partial charge in [-0.25, -0.2) is 0 Å². The Bertz CT molecular complexity index is 567. The van der Waals surface area contributed by atoms with Crippen LogP contribution in [0, 0.1) is 5.92 Å². The van der Waals surface area contributed by atoms with Crippen molar-refractivity contribution in [1.29, 1.82) is 0 Å². The van der Waals surface area contributed by atoms with Gasteiger partial charge >= 0.3 is 0 Å². The average molecular weight is 327 g/mol. The maximum atomic E-state index is 12.6. The van der Waals surface area contributed by atoms with E-state index in [4.69, 9.17) is 23.2 Å². The Morgan fingerprint density at radius 1 is 1.19 bits per heavy atom. The second-order valence-electron chi connectivity index (χ2n) is 5.59. The summed E-state index contributed by atoms with van der Waals surface area (Å²) in [5, 5.41) is 3.93. The number of benzene rings is 1. The minimum atomic E-state index is -0.388. The Kier molecular flexibility index (Phi) is 4.09. The van der Waals surface area contributed by atoms with Gasteiger partial charge in [0, 0.05) is 35.1 Å². The molecule has 1 unspecified atom stereocenters. The van der Waals surface area contributed by atoms with Gasteiger partial charge in [-0.3, -0.25) is 9.59 Å². The van der Waals surface area contributed by atoms with E-state index in [0.29, 0.717) is 29.6 Å². The van der Waals surface area contributed by atoms with Crippen molar-refractivity contribution in [3.8, 4) is 0 Å². The van der Waals surface area contributed by atoms with E-state index >= 15 is 0 Å². The Balaban J connectivity index is 1.83. The first-order valence-electron chi connectivity index (χ1n) is 7.07. The molecule has 1 saturated heterocycles. The molecule has 1 atom stereocenters. The molecule has 2 aliphatic rings. The van der Waals surface area contributed by atoms with Crippen LogP contribution < -0.4 is 5.32 Å². The molecule has 1 aliphatic carbocycles. The molecular formula is C15H16Cl2N2O2. The third-order valence-corrected chi connectivity index (χ3v) is 4.72. The molecule has 1 heterocycles. The van der Waals surface area contributed by atoms with Crippen molar-refractivity contribution in [3.05, 3.63) is 33.8 Å². The highest BCUT2D eigenvalue weighted by Crippen LogP contribution is 2.35. The number of halogens is 2. The Labute approximate surface area is 133 Å². The van der Waals surface area contributed by atoms with Gasteiger partial charge in [0.2, 0.25) is 11.8 Å². The summed E-state index contributed by atoms with van der Waals surface area (Å²) in [6.07, 6.45) is 2.31. The molecule has 1 aromatic carbocycles. The van der Waals surface area contributed by atoms with Gasteiger partial charge in [-0.05, 0) is 30.9 Å². The highest BCUT2D eigenvalue weighted by Gasteiger charge is 2.41. The molecule has 2 amide bonds. The zero-order valence-electron chi connectivity index (χ0n) is 11.4. The Morgan fingerprint density at radius 2 is 1.86 bits per heavy atom. The zero-order chi connectivity index (χ0) is 15.0. The van der Waals surface area contributed by atoms with Gasteiger partial charge in [0.15, 0.2) is 0 Å². The maximum Gasteiger partial charge on any atom is 0.245 e. The van der Waals surface area contributed by atoms with E-state index in [9.17, 15) is 9.59 Å². The Morgan fingerprint density at radius 3 is 2.48 bits per heavy atom. The minimum Gasteiger partial charge on any atom is -0.344 e. The molecule has 0 bridgehead atoms. The fourth-order valence-corrected chi connectivity index (χ4v) is 3.15. The van der Waals surface area contributed by atoms with Crippen LogP contribution in [-0.4, -0.2) is 29.3 Å². The molecule has 1 saturated carbocycles. The normalized spacial score (nSPS) is 23.0. The van der Waals surface area contributed by atoms with Gasteiger partial charge < -0.3 is 10.2 Å². The quantitative estimate of drug-likeness (QED) is 0.928. The Hall–Kier alpha value is -1.26. The van der Waals surface area contributed by atoms with Crippen molar-refractivity contribution >= 4 is 35.0 Å². The van der Waals surface area contributed by atoms with Gasteiger partial charge in [0.25, 0.3) is 0 Å². The number of amides is 2. The highest BCUT2D eigenvalue weighted by molar-refractivity contribution is 6.36. The lowest BCUT2D eigenvalue weighted by Gasteiger charge is -2.25. The average Bonchev–Trinajstić information content (AvgIpc) is 3.27. The van der Waals surface area contributed by atoms with Crippen molar-refractivity contribution in [2.45, 2.75) is 31.8 Å². The van der Waals surface area contributed by atoms with Gasteiger partial charge in [-0.15, -0.1) is 0 Å². The smallest absolute Gasteiger partial charge is 0.245 e. The van der Waals surface area contributed by atoms with Crippen LogP contribution in [0.15, 0.2) is 18.2 Å². The van der Waals surface area contributed by atoms with Crippen LogP contribution in [0.25, 0.3) is 0 Å². The summed E-state index contributed by atoms with van der Waals surface area (Å²) < 4.78 is 0. The van der Waals surface area contributed by atoms with E-state index in [0.717, 1.165) is 18.4 Å². The standard InChI is InChI=1S/C15H16Cl2N2O2/c16-11-2-1-3-12(17)10(11)8-19-7-6-13(20)18-14(15(19)21)9-4-5-9/h1-3,9,14H,4-8H2,(H,18,20). The second-order valence-corrected chi connectivity index (χ2v) is 6.41. The van der Waals surface area contributed by atoms with E-state index in [1.165, 1.54) is 0 Å². The molecule has 1 aliphatic heterocycles. The first-order valence-corrected chi connectivity index (χ1v) is 7.83. The maximum absolute atomic E-state index is 12.6. The molecule has 6 heteroatoms. The van der Waals surface area contributed by atoms with Crippen LogP contribution >= 0.6 is 23.2 Å². The van der Waals surface area contributed by atoms with Gasteiger partial charge in [-0.1, -0.05) is 29.3 Å². The number of carbonyl (C=O) groups excluding carboxylic acids is 2. The van der Waals surface area contributed by atoms with Crippen LogP contribution in [0.2, 0.25) is 10.0 Å². The van der Waals surface area contributed by atoms with Crippen molar-refractivity contribution < 1.29 is 9.59 Å². The predicted octanol–water partition coefficient (Wildman–Crippen LogP) is 2.62.